The van der Waals surface area contributed by atoms with Crippen LogP contribution in [-0.2, 0) is 55.8 Å². The van der Waals surface area contributed by atoms with Gasteiger partial charge in [0.1, 0.15) is 34.8 Å². The monoisotopic (exact) mass is 1240 g/mol. The SMILES string of the molecule is C=C(C)[C@@H](C(=O)N[C@H](C(=O)N(C)[C@@H]([C@@H](C)CC)[C@@H](CC(=O)N1CCC[C@H]1[C@H](OC)[C@@H](C)C(=O)N[C@@H](Cc1ccccc1)c1nccs1)OC)C(C)C)N(C)CCc1ccc(NC(=O)[C@H](CCCNC(N)=O)NC(=O)[C@@H](NC(=O)OC(C)(C)C)C(C)C)cc1. The van der Waals surface area contributed by atoms with Crippen molar-refractivity contribution in [2.24, 2.45) is 29.4 Å². The number of likely N-dealkylation sites (N-methyl/N-ethyl adjacent to an activating group) is 2. The average Bonchev–Trinajstić information content (AvgIpc) is 3.74. The Labute approximate surface area is 526 Å². The Bertz CT molecular complexity index is 2740. The van der Waals surface area contributed by atoms with Gasteiger partial charge in [0.25, 0.3) is 0 Å². The minimum atomic E-state index is -1.05. The van der Waals surface area contributed by atoms with E-state index in [0.29, 0.717) is 56.5 Å². The van der Waals surface area contributed by atoms with Gasteiger partial charge in [-0.1, -0.05) is 110 Å². The molecule has 0 unspecified atom stereocenters. The van der Waals surface area contributed by atoms with Gasteiger partial charge < -0.3 is 61.6 Å². The van der Waals surface area contributed by atoms with Crippen molar-refractivity contribution in [3.8, 4) is 0 Å². The second kappa shape index (κ2) is 35.3. The number of aromatic nitrogens is 1. The molecule has 0 spiro atoms. The number of ether oxygens (including phenoxy) is 3. The van der Waals surface area contributed by atoms with Crippen LogP contribution in [0.25, 0.3) is 0 Å². The summed E-state index contributed by atoms with van der Waals surface area (Å²) in [5.41, 5.74) is 7.42. The molecule has 4 rings (SSSR count). The normalized spacial score (nSPS) is 16.8. The molecule has 1 aliphatic rings. The fourth-order valence-electron chi connectivity index (χ4n) is 11.3. The first-order chi connectivity index (χ1) is 41.5. The second-order valence-electron chi connectivity index (χ2n) is 25.0. The van der Waals surface area contributed by atoms with Crippen LogP contribution in [-0.4, -0.2) is 169 Å². The van der Waals surface area contributed by atoms with E-state index in [1.165, 1.54) is 11.3 Å². The van der Waals surface area contributed by atoms with Crippen molar-refractivity contribution in [1.29, 1.82) is 0 Å². The maximum absolute atomic E-state index is 14.9. The number of thiazole rings is 1. The number of carbonyl (C=O) groups excluding carboxylic acids is 8. The van der Waals surface area contributed by atoms with Crippen LogP contribution in [0.15, 0.2) is 78.3 Å². The number of hydrogen-bond donors (Lipinski definition) is 7. The van der Waals surface area contributed by atoms with Gasteiger partial charge in [-0.05, 0) is 114 Å². The number of hydrogen-bond acceptors (Lipinski definition) is 14. The summed E-state index contributed by atoms with van der Waals surface area (Å²) in [5.74, 6) is -3.62. The molecule has 2 aromatic carbocycles. The van der Waals surface area contributed by atoms with Gasteiger partial charge >= 0.3 is 12.1 Å². The number of alkyl carbamates (subject to hydrolysis) is 1. The first kappa shape index (κ1) is 73.5. The van der Waals surface area contributed by atoms with E-state index in [4.69, 9.17) is 19.9 Å². The first-order valence-electron chi connectivity index (χ1n) is 30.8. The van der Waals surface area contributed by atoms with Gasteiger partial charge in [-0.3, -0.25) is 33.7 Å². The van der Waals surface area contributed by atoms with Gasteiger partial charge in [0.05, 0.1) is 42.7 Å². The van der Waals surface area contributed by atoms with Crippen LogP contribution in [0.1, 0.15) is 137 Å². The maximum atomic E-state index is 14.9. The summed E-state index contributed by atoms with van der Waals surface area (Å²) in [6.45, 7) is 25.2. The van der Waals surface area contributed by atoms with Crippen LogP contribution in [0.5, 0.6) is 0 Å². The summed E-state index contributed by atoms with van der Waals surface area (Å²) in [7, 11) is 6.63. The molecule has 1 fully saturated rings. The third-order valence-corrected chi connectivity index (χ3v) is 17.1. The third kappa shape index (κ3) is 22.3. The van der Waals surface area contributed by atoms with E-state index >= 15 is 0 Å². The molecule has 1 aliphatic heterocycles. The zero-order chi connectivity index (χ0) is 65.6. The highest BCUT2D eigenvalue weighted by molar-refractivity contribution is 7.09. The number of amides is 9. The van der Waals surface area contributed by atoms with Crippen molar-refractivity contribution in [3.05, 3.63) is 94.5 Å². The van der Waals surface area contributed by atoms with E-state index in [9.17, 15) is 38.4 Å². The first-order valence-corrected chi connectivity index (χ1v) is 31.6. The molecular weight excluding hydrogens is 1140 g/mol. The Kier molecular flexibility index (Phi) is 29.5. The predicted molar refractivity (Wildman–Crippen MR) is 343 cm³/mol. The van der Waals surface area contributed by atoms with E-state index in [0.717, 1.165) is 22.6 Å². The van der Waals surface area contributed by atoms with Crippen LogP contribution in [0.3, 0.4) is 0 Å². The van der Waals surface area contributed by atoms with Crippen LogP contribution >= 0.6 is 11.3 Å². The topological polar surface area (TPSA) is 285 Å². The molecule has 9 amide bonds. The Balaban J connectivity index is 1.42. The minimum Gasteiger partial charge on any atom is -0.444 e. The molecule has 1 saturated heterocycles. The van der Waals surface area contributed by atoms with Crippen molar-refractivity contribution >= 4 is 64.6 Å². The van der Waals surface area contributed by atoms with E-state index in [1.807, 2.05) is 94.4 Å². The predicted octanol–water partition coefficient (Wildman–Crippen LogP) is 7.14. The maximum Gasteiger partial charge on any atom is 0.408 e. The number of anilines is 1. The summed E-state index contributed by atoms with van der Waals surface area (Å²) in [6.07, 6.45) is 3.14. The zero-order valence-corrected chi connectivity index (χ0v) is 55.4. The molecule has 2 heterocycles. The van der Waals surface area contributed by atoms with Gasteiger partial charge in [-0.2, -0.15) is 0 Å². The Morgan fingerprint density at radius 3 is 2.05 bits per heavy atom. The molecule has 0 bridgehead atoms. The number of carbonyl (C=O) groups is 8. The van der Waals surface area contributed by atoms with Gasteiger partial charge in [0.2, 0.25) is 35.4 Å². The molecule has 0 radical (unpaired) electrons. The standard InChI is InChI=1S/C65H101N11O11S/c1-17-42(8)55(50(85-15)38-51(77)76-34-22-26-49(76)56(86-16)43(9)57(78)71-48(61-67-33-36-88-61)37-45-23-19-18-20-24-45)75(14)62(82)53(40(4)5)72-60(81)54(41(6)7)74(13)35-31-44-27-29-46(30-28-44)69-58(79)47(25-21-32-68-63(66)83)70-59(80)52(39(2)3)73-64(84)87-65(10,11)12/h18-20,23-24,27-30,33,36,39-40,42-43,47-50,52-56H,6,17,21-22,25-26,31-32,34-35,37-38H2,1-5,7-16H3,(H,69,79)(H,70,80)(H,71,78)(H,72,81)(H,73,84)(H3,66,68,83)/t42-,43+,47-,48-,49-,50+,52-,53-,54-,55-,56+/m0/s1. The number of methoxy groups -OCH3 is 2. The molecule has 23 heteroatoms. The Hall–Kier alpha value is -6.95. The average molecular weight is 1240 g/mol. The molecule has 0 aliphatic carbocycles. The molecule has 8 N–H and O–H groups in total. The number of nitrogens with zero attached hydrogens (tertiary/aromatic N) is 4. The molecule has 0 saturated carbocycles. The number of rotatable bonds is 34. The van der Waals surface area contributed by atoms with Gasteiger partial charge in [-0.15, -0.1) is 11.3 Å². The smallest absolute Gasteiger partial charge is 0.408 e. The fourth-order valence-corrected chi connectivity index (χ4v) is 12.0. The molecule has 488 valence electrons. The molecule has 22 nitrogen and oxygen atoms in total. The van der Waals surface area contributed by atoms with Crippen LogP contribution < -0.4 is 37.6 Å². The quantitative estimate of drug-likeness (QED) is 0.0231. The lowest BCUT2D eigenvalue weighted by Gasteiger charge is -2.41. The zero-order valence-electron chi connectivity index (χ0n) is 54.6. The summed E-state index contributed by atoms with van der Waals surface area (Å²) in [6, 6.07) is 11.3. The van der Waals surface area contributed by atoms with Gasteiger partial charge in [-0.25, -0.2) is 14.6 Å². The lowest BCUT2D eigenvalue weighted by atomic mass is 9.89. The number of nitrogens with one attached hydrogen (secondary N) is 6. The van der Waals surface area contributed by atoms with Crippen LogP contribution in [0.4, 0.5) is 15.3 Å². The number of likely N-dealkylation sites (tertiary alicyclic amines) is 1. The highest BCUT2D eigenvalue weighted by Crippen LogP contribution is 2.31. The van der Waals surface area contributed by atoms with E-state index < -0.39 is 83.8 Å². The van der Waals surface area contributed by atoms with Crippen LogP contribution in [0.2, 0.25) is 0 Å². The van der Waals surface area contributed by atoms with Crippen molar-refractivity contribution < 1.29 is 52.6 Å². The number of nitrogens with two attached hydrogens (primary N) is 1. The van der Waals surface area contributed by atoms with Crippen molar-refractivity contribution in [2.75, 3.05) is 53.3 Å². The van der Waals surface area contributed by atoms with Crippen molar-refractivity contribution in [3.63, 3.8) is 0 Å². The summed E-state index contributed by atoms with van der Waals surface area (Å²) >= 11 is 1.48. The lowest BCUT2D eigenvalue weighted by molar-refractivity contribution is -0.148. The molecule has 88 heavy (non-hydrogen) atoms. The highest BCUT2D eigenvalue weighted by atomic mass is 32.1. The fraction of sp³-hybridized carbons (Fsp3) is 0.615. The lowest BCUT2D eigenvalue weighted by Crippen LogP contribution is -2.59. The molecule has 11 atom stereocenters. The number of urea groups is 1. The molecule has 1 aromatic heterocycles. The van der Waals surface area contributed by atoms with Crippen LogP contribution in [0, 0.1) is 23.7 Å². The molecule has 3 aromatic rings. The summed E-state index contributed by atoms with van der Waals surface area (Å²) < 4.78 is 17.6. The second-order valence-corrected chi connectivity index (χ2v) is 25.9. The van der Waals surface area contributed by atoms with Crippen molar-refractivity contribution in [1.82, 2.24) is 46.3 Å². The summed E-state index contributed by atoms with van der Waals surface area (Å²) in [4.78, 5) is 119. The number of primary amides is 1. The third-order valence-electron chi connectivity index (χ3n) is 16.2. The summed E-state index contributed by atoms with van der Waals surface area (Å²) in [5, 5.41) is 19.7. The van der Waals surface area contributed by atoms with Gasteiger partial charge in [0.15, 0.2) is 0 Å². The molecular formula is C65H101N11O11S. The van der Waals surface area contributed by atoms with E-state index in [1.54, 1.807) is 90.9 Å². The highest BCUT2D eigenvalue weighted by Gasteiger charge is 2.44. The largest absolute Gasteiger partial charge is 0.444 e. The van der Waals surface area contributed by atoms with E-state index in [2.05, 4.69) is 43.5 Å². The Morgan fingerprint density at radius 1 is 0.830 bits per heavy atom. The Morgan fingerprint density at radius 2 is 1.49 bits per heavy atom. The van der Waals surface area contributed by atoms with Crippen molar-refractivity contribution in [2.45, 2.75) is 188 Å². The minimum absolute atomic E-state index is 0.0334. The van der Waals surface area contributed by atoms with E-state index in [-0.39, 0.29) is 66.9 Å². The number of benzene rings is 2. The van der Waals surface area contributed by atoms with Gasteiger partial charge in [0, 0.05) is 58.2 Å².